The van der Waals surface area contributed by atoms with Gasteiger partial charge in [-0.25, -0.2) is 15.0 Å². The van der Waals surface area contributed by atoms with Crippen LogP contribution in [0.4, 0.5) is 5.82 Å². The molecule has 1 saturated heterocycles. The van der Waals surface area contributed by atoms with Crippen molar-refractivity contribution in [2.75, 3.05) is 38.1 Å². The third kappa shape index (κ3) is 2.01. The SMILES string of the molecule is Cc1ccnc2nc(N3CCN(C)CC3)cnc12. The van der Waals surface area contributed by atoms with Gasteiger partial charge in [0.05, 0.1) is 6.20 Å². The molecule has 1 aliphatic heterocycles. The van der Waals surface area contributed by atoms with Gasteiger partial charge in [0.1, 0.15) is 11.3 Å². The third-order valence-electron chi connectivity index (χ3n) is 3.46. The van der Waals surface area contributed by atoms with Gasteiger partial charge in [0.15, 0.2) is 5.65 Å². The minimum absolute atomic E-state index is 0.742. The van der Waals surface area contributed by atoms with Crippen molar-refractivity contribution in [3.8, 4) is 0 Å². The highest BCUT2D eigenvalue weighted by atomic mass is 15.3. The molecule has 18 heavy (non-hydrogen) atoms. The van der Waals surface area contributed by atoms with Gasteiger partial charge in [-0.05, 0) is 25.6 Å². The predicted molar refractivity (Wildman–Crippen MR) is 71.8 cm³/mol. The first-order valence-corrected chi connectivity index (χ1v) is 6.26. The standard InChI is InChI=1S/C13H17N5/c1-10-3-4-14-13-12(10)15-9-11(16-13)18-7-5-17(2)6-8-18/h3-4,9H,5-8H2,1-2H3. The lowest BCUT2D eigenvalue weighted by atomic mass is 10.2. The molecule has 1 fully saturated rings. The van der Waals surface area contributed by atoms with Gasteiger partial charge in [-0.2, -0.15) is 0 Å². The zero-order valence-corrected chi connectivity index (χ0v) is 10.8. The molecular formula is C13H17N5. The summed E-state index contributed by atoms with van der Waals surface area (Å²) in [5.74, 6) is 0.939. The summed E-state index contributed by atoms with van der Waals surface area (Å²) < 4.78 is 0. The second-order valence-corrected chi connectivity index (χ2v) is 4.82. The summed E-state index contributed by atoms with van der Waals surface area (Å²) in [6, 6.07) is 1.96. The average molecular weight is 243 g/mol. The maximum absolute atomic E-state index is 4.62. The van der Waals surface area contributed by atoms with Crippen molar-refractivity contribution in [2.24, 2.45) is 0 Å². The van der Waals surface area contributed by atoms with Crippen LogP contribution in [0.5, 0.6) is 0 Å². The lowest BCUT2D eigenvalue weighted by molar-refractivity contribution is 0.312. The molecule has 3 heterocycles. The van der Waals surface area contributed by atoms with Crippen LogP contribution in [0.25, 0.3) is 11.2 Å². The van der Waals surface area contributed by atoms with Crippen molar-refractivity contribution >= 4 is 17.0 Å². The summed E-state index contributed by atoms with van der Waals surface area (Å²) in [5, 5.41) is 0. The highest BCUT2D eigenvalue weighted by Crippen LogP contribution is 2.17. The molecule has 94 valence electrons. The molecule has 5 heteroatoms. The largest absolute Gasteiger partial charge is 0.353 e. The Morgan fingerprint density at radius 1 is 1.11 bits per heavy atom. The summed E-state index contributed by atoms with van der Waals surface area (Å²) >= 11 is 0. The minimum Gasteiger partial charge on any atom is -0.353 e. The number of pyridine rings is 1. The predicted octanol–water partition coefficient (Wildman–Crippen LogP) is 1.09. The number of fused-ring (bicyclic) bond motifs is 1. The van der Waals surface area contributed by atoms with Crippen molar-refractivity contribution in [3.05, 3.63) is 24.0 Å². The zero-order valence-electron chi connectivity index (χ0n) is 10.8. The van der Waals surface area contributed by atoms with Crippen LogP contribution in [0.2, 0.25) is 0 Å². The number of aromatic nitrogens is 3. The average Bonchev–Trinajstić information content (AvgIpc) is 2.39. The van der Waals surface area contributed by atoms with Crippen molar-refractivity contribution in [2.45, 2.75) is 6.92 Å². The number of aryl methyl sites for hydroxylation is 1. The highest BCUT2D eigenvalue weighted by molar-refractivity contribution is 5.74. The highest BCUT2D eigenvalue weighted by Gasteiger charge is 2.16. The van der Waals surface area contributed by atoms with Gasteiger partial charge >= 0.3 is 0 Å². The topological polar surface area (TPSA) is 45.2 Å². The fraction of sp³-hybridized carbons (Fsp3) is 0.462. The summed E-state index contributed by atoms with van der Waals surface area (Å²) in [7, 11) is 2.15. The number of hydrogen-bond donors (Lipinski definition) is 0. The number of likely N-dealkylation sites (N-methyl/N-ethyl adjacent to an activating group) is 1. The first kappa shape index (κ1) is 11.3. The lowest BCUT2D eigenvalue weighted by Gasteiger charge is -2.32. The zero-order chi connectivity index (χ0) is 12.5. The number of rotatable bonds is 1. The molecule has 2 aromatic rings. The Morgan fingerprint density at radius 3 is 2.67 bits per heavy atom. The quantitative estimate of drug-likeness (QED) is 0.750. The van der Waals surface area contributed by atoms with E-state index in [0.29, 0.717) is 0 Å². The van der Waals surface area contributed by atoms with E-state index in [1.165, 1.54) is 0 Å². The Labute approximate surface area is 106 Å². The van der Waals surface area contributed by atoms with Crippen LogP contribution < -0.4 is 4.90 Å². The molecule has 0 amide bonds. The smallest absolute Gasteiger partial charge is 0.180 e. The van der Waals surface area contributed by atoms with Crippen LogP contribution in [0.3, 0.4) is 0 Å². The molecule has 0 atom stereocenters. The molecule has 0 aromatic carbocycles. The van der Waals surface area contributed by atoms with Crippen LogP contribution in [0, 0.1) is 6.92 Å². The normalized spacial score (nSPS) is 17.3. The van der Waals surface area contributed by atoms with E-state index in [9.17, 15) is 0 Å². The molecule has 2 aromatic heterocycles. The van der Waals surface area contributed by atoms with Crippen molar-refractivity contribution in [1.29, 1.82) is 0 Å². The second-order valence-electron chi connectivity index (χ2n) is 4.82. The molecule has 0 N–H and O–H groups in total. The minimum atomic E-state index is 0.742. The monoisotopic (exact) mass is 243 g/mol. The molecule has 0 bridgehead atoms. The third-order valence-corrected chi connectivity index (χ3v) is 3.46. The van der Waals surface area contributed by atoms with E-state index < -0.39 is 0 Å². The Kier molecular flexibility index (Phi) is 2.83. The molecule has 0 unspecified atom stereocenters. The molecule has 0 radical (unpaired) electrons. The molecule has 3 rings (SSSR count). The van der Waals surface area contributed by atoms with Gasteiger partial charge in [0, 0.05) is 32.4 Å². The van der Waals surface area contributed by atoms with Gasteiger partial charge in [-0.1, -0.05) is 0 Å². The number of piperazine rings is 1. The lowest BCUT2D eigenvalue weighted by Crippen LogP contribution is -2.44. The second kappa shape index (κ2) is 4.49. The molecule has 5 nitrogen and oxygen atoms in total. The van der Waals surface area contributed by atoms with Crippen LogP contribution in [0.15, 0.2) is 18.5 Å². The van der Waals surface area contributed by atoms with E-state index >= 15 is 0 Å². The Bertz CT molecular complexity index is 560. The Balaban J connectivity index is 1.94. The van der Waals surface area contributed by atoms with E-state index in [2.05, 4.69) is 31.8 Å². The van der Waals surface area contributed by atoms with Gasteiger partial charge in [0.25, 0.3) is 0 Å². The molecule has 0 saturated carbocycles. The van der Waals surface area contributed by atoms with Crippen molar-refractivity contribution in [1.82, 2.24) is 19.9 Å². The molecule has 1 aliphatic rings. The summed E-state index contributed by atoms with van der Waals surface area (Å²) in [5.41, 5.74) is 2.76. The first-order chi connectivity index (χ1) is 8.74. The summed E-state index contributed by atoms with van der Waals surface area (Å²) in [6.07, 6.45) is 3.66. The van der Waals surface area contributed by atoms with E-state index in [1.807, 2.05) is 19.2 Å². The molecule has 0 aliphatic carbocycles. The molecular weight excluding hydrogens is 226 g/mol. The maximum atomic E-state index is 4.62. The fourth-order valence-corrected chi connectivity index (χ4v) is 2.23. The van der Waals surface area contributed by atoms with Crippen molar-refractivity contribution < 1.29 is 0 Å². The van der Waals surface area contributed by atoms with Gasteiger partial charge in [-0.3, -0.25) is 0 Å². The van der Waals surface area contributed by atoms with Gasteiger partial charge < -0.3 is 9.80 Å². The summed E-state index contributed by atoms with van der Waals surface area (Å²) in [4.78, 5) is 18.0. The van der Waals surface area contributed by atoms with Crippen LogP contribution in [0.1, 0.15) is 5.56 Å². The van der Waals surface area contributed by atoms with Crippen molar-refractivity contribution in [3.63, 3.8) is 0 Å². The fourth-order valence-electron chi connectivity index (χ4n) is 2.23. The number of nitrogens with zero attached hydrogens (tertiary/aromatic N) is 5. The molecule has 0 spiro atoms. The Hall–Kier alpha value is -1.75. The number of anilines is 1. The van der Waals surface area contributed by atoms with E-state index in [0.717, 1.165) is 48.7 Å². The van der Waals surface area contributed by atoms with Gasteiger partial charge in [-0.15, -0.1) is 0 Å². The van der Waals surface area contributed by atoms with E-state index in [4.69, 9.17) is 0 Å². The van der Waals surface area contributed by atoms with Gasteiger partial charge in [0.2, 0.25) is 0 Å². The van der Waals surface area contributed by atoms with Crippen LogP contribution in [-0.2, 0) is 0 Å². The van der Waals surface area contributed by atoms with E-state index in [-0.39, 0.29) is 0 Å². The van der Waals surface area contributed by atoms with Crippen LogP contribution in [-0.4, -0.2) is 53.1 Å². The van der Waals surface area contributed by atoms with Crippen LogP contribution >= 0.6 is 0 Å². The van der Waals surface area contributed by atoms with E-state index in [1.54, 1.807) is 6.20 Å². The summed E-state index contributed by atoms with van der Waals surface area (Å²) in [6.45, 7) is 6.18. The maximum Gasteiger partial charge on any atom is 0.180 e. The Morgan fingerprint density at radius 2 is 1.89 bits per heavy atom. The first-order valence-electron chi connectivity index (χ1n) is 6.26. The number of hydrogen-bond acceptors (Lipinski definition) is 5.